The van der Waals surface area contributed by atoms with Gasteiger partial charge in [0.25, 0.3) is 0 Å². The molecule has 14 heteroatoms. The van der Waals surface area contributed by atoms with E-state index in [2.05, 4.69) is 16.5 Å². The van der Waals surface area contributed by atoms with Gasteiger partial charge in [0.15, 0.2) is 17.2 Å². The maximum atomic E-state index is 15.7. The molecule has 0 aliphatic carbocycles. The van der Waals surface area contributed by atoms with E-state index in [-0.39, 0.29) is 80.2 Å². The first-order valence-electron chi connectivity index (χ1n) is 14.2. The number of nitrogen functional groups attached to an aromatic ring is 1. The Morgan fingerprint density at radius 2 is 1.96 bits per heavy atom. The number of carbonyl (C=O) groups is 1. The Balaban J connectivity index is 1.76. The van der Waals surface area contributed by atoms with Gasteiger partial charge >= 0.3 is 5.69 Å². The largest absolute Gasteiger partial charge is 0.489 e. The zero-order valence-electron chi connectivity index (χ0n) is 24.9. The maximum absolute atomic E-state index is 15.7. The van der Waals surface area contributed by atoms with Crippen molar-refractivity contribution in [2.24, 2.45) is 0 Å². The van der Waals surface area contributed by atoms with Crippen LogP contribution in [0.4, 0.5) is 15.9 Å². The van der Waals surface area contributed by atoms with Gasteiger partial charge in [0.2, 0.25) is 5.91 Å². The van der Waals surface area contributed by atoms with Gasteiger partial charge in [-0.05, 0) is 43.5 Å². The lowest BCUT2D eigenvalue weighted by atomic mass is 10.0. The molecule has 0 saturated carbocycles. The number of benzene rings is 1. The van der Waals surface area contributed by atoms with Crippen LogP contribution in [0.1, 0.15) is 37.9 Å². The Kier molecular flexibility index (Phi) is 7.91. The number of nitrogens with two attached hydrogens (primary N) is 1. The average Bonchev–Trinajstić information content (AvgIpc) is 3.16. The quantitative estimate of drug-likeness (QED) is 0.161. The van der Waals surface area contributed by atoms with Crippen LogP contribution in [-0.2, 0) is 4.79 Å². The van der Waals surface area contributed by atoms with E-state index in [0.717, 1.165) is 5.56 Å². The molecule has 2 N–H and O–H groups in total. The van der Waals surface area contributed by atoms with Gasteiger partial charge in [-0.3, -0.25) is 9.78 Å². The highest BCUT2D eigenvalue weighted by atomic mass is 35.5. The number of anilines is 2. The first-order valence-corrected chi connectivity index (χ1v) is 15.4. The van der Waals surface area contributed by atoms with E-state index in [1.54, 1.807) is 17.2 Å². The van der Waals surface area contributed by atoms with E-state index in [4.69, 9.17) is 50.3 Å². The number of hydrogen-bond acceptors (Lipinski definition) is 8. The van der Waals surface area contributed by atoms with E-state index in [0.29, 0.717) is 23.3 Å². The minimum absolute atomic E-state index is 0.00270. The molecule has 10 nitrogen and oxygen atoms in total. The van der Waals surface area contributed by atoms with Gasteiger partial charge < -0.3 is 20.3 Å². The van der Waals surface area contributed by atoms with Crippen molar-refractivity contribution in [1.29, 1.82) is 0 Å². The van der Waals surface area contributed by atoms with Crippen LogP contribution in [0.5, 0.6) is 5.75 Å². The molecule has 1 amide bonds. The van der Waals surface area contributed by atoms with Crippen molar-refractivity contribution in [3.8, 4) is 22.7 Å². The summed E-state index contributed by atoms with van der Waals surface area (Å²) in [6.07, 6.45) is 2.93. The van der Waals surface area contributed by atoms with Crippen LogP contribution < -0.4 is 21.1 Å². The van der Waals surface area contributed by atoms with Gasteiger partial charge in [-0.15, -0.1) is 0 Å². The highest BCUT2D eigenvalue weighted by molar-refractivity contribution is 6.39. The SMILES string of the molecule is C=CC(=O)N1CC(C)N2c3nc(=O)n(-c4c(C)ccnc4C(C)C)c4nc(-c5c(N)c(Cl)cc(Cl)c5F)c(Cl)c(c34)OCC2C1. The number of fused-ring (bicyclic) bond motifs is 2. The normalized spacial score (nSPS) is 17.7. The first kappa shape index (κ1) is 31.1. The summed E-state index contributed by atoms with van der Waals surface area (Å²) >= 11 is 19.5. The minimum atomic E-state index is -0.888. The molecule has 1 saturated heterocycles. The molecule has 2 atom stereocenters. The number of aromatic nitrogens is 4. The number of nitrogens with zero attached hydrogens (tertiary/aromatic N) is 6. The van der Waals surface area contributed by atoms with Crippen molar-refractivity contribution in [3.63, 3.8) is 0 Å². The highest BCUT2D eigenvalue weighted by Gasteiger charge is 2.40. The maximum Gasteiger partial charge on any atom is 0.355 e. The highest BCUT2D eigenvalue weighted by Crippen LogP contribution is 2.48. The number of hydrogen-bond donors (Lipinski definition) is 1. The van der Waals surface area contributed by atoms with Crippen LogP contribution in [0, 0.1) is 12.7 Å². The Bertz CT molecular complexity index is 1960. The fourth-order valence-electron chi connectivity index (χ4n) is 6.18. The third-order valence-electron chi connectivity index (χ3n) is 8.21. The molecule has 3 aromatic heterocycles. The molecule has 1 aromatic carbocycles. The van der Waals surface area contributed by atoms with Crippen molar-refractivity contribution in [2.45, 2.75) is 45.7 Å². The predicted octanol–water partition coefficient (Wildman–Crippen LogP) is 5.94. The van der Waals surface area contributed by atoms with Crippen molar-refractivity contribution in [3.05, 3.63) is 73.6 Å². The molecule has 45 heavy (non-hydrogen) atoms. The van der Waals surface area contributed by atoms with Crippen LogP contribution >= 0.6 is 34.8 Å². The molecule has 2 unspecified atom stereocenters. The monoisotopic (exact) mass is 671 g/mol. The Labute approximate surface area is 273 Å². The smallest absolute Gasteiger partial charge is 0.355 e. The lowest BCUT2D eigenvalue weighted by Gasteiger charge is -2.45. The van der Waals surface area contributed by atoms with Crippen LogP contribution in [-0.4, -0.2) is 62.1 Å². The lowest BCUT2D eigenvalue weighted by molar-refractivity contribution is -0.127. The fraction of sp³-hybridized carbons (Fsp3) is 0.323. The number of carbonyl (C=O) groups excluding carboxylic acids is 1. The molecule has 234 valence electrons. The number of aryl methyl sites for hydroxylation is 1. The summed E-state index contributed by atoms with van der Waals surface area (Å²) in [6, 6.07) is 2.28. The Hall–Kier alpha value is -3.93. The zero-order chi connectivity index (χ0) is 32.5. The van der Waals surface area contributed by atoms with Gasteiger partial charge in [-0.25, -0.2) is 18.7 Å². The third kappa shape index (κ3) is 4.88. The van der Waals surface area contributed by atoms with Crippen LogP contribution in [0.15, 0.2) is 35.8 Å². The van der Waals surface area contributed by atoms with Crippen molar-refractivity contribution in [1.82, 2.24) is 24.4 Å². The molecular weight excluding hydrogens is 644 g/mol. The molecule has 0 bridgehead atoms. The fourth-order valence-corrected chi connectivity index (χ4v) is 6.93. The number of pyridine rings is 2. The summed E-state index contributed by atoms with van der Waals surface area (Å²) in [5.74, 6) is -0.789. The second-order valence-corrected chi connectivity index (χ2v) is 12.7. The molecule has 5 heterocycles. The summed E-state index contributed by atoms with van der Waals surface area (Å²) in [7, 11) is 0. The van der Waals surface area contributed by atoms with Gasteiger partial charge in [0, 0.05) is 25.3 Å². The molecule has 0 radical (unpaired) electrons. The first-order chi connectivity index (χ1) is 21.3. The van der Waals surface area contributed by atoms with Gasteiger partial charge in [0.1, 0.15) is 28.5 Å². The van der Waals surface area contributed by atoms with Crippen LogP contribution in [0.25, 0.3) is 28.0 Å². The molecule has 6 rings (SSSR count). The van der Waals surface area contributed by atoms with Crippen LogP contribution in [0.2, 0.25) is 15.1 Å². The van der Waals surface area contributed by atoms with Crippen molar-refractivity contribution >= 4 is 63.2 Å². The summed E-state index contributed by atoms with van der Waals surface area (Å²) in [5.41, 5.74) is 7.10. The Morgan fingerprint density at radius 3 is 2.64 bits per heavy atom. The second-order valence-electron chi connectivity index (χ2n) is 11.5. The summed E-state index contributed by atoms with van der Waals surface area (Å²) in [6.45, 7) is 12.0. The molecule has 1 fully saturated rings. The van der Waals surface area contributed by atoms with E-state index in [9.17, 15) is 9.59 Å². The second kappa shape index (κ2) is 11.5. The molecular formula is C31H29Cl3FN7O3. The van der Waals surface area contributed by atoms with Gasteiger partial charge in [-0.1, -0.05) is 55.2 Å². The number of amides is 1. The summed E-state index contributed by atoms with van der Waals surface area (Å²) < 4.78 is 23.5. The topological polar surface area (TPSA) is 119 Å². The van der Waals surface area contributed by atoms with Gasteiger partial charge in [-0.2, -0.15) is 4.98 Å². The number of ether oxygens (including phenoxy) is 1. The van der Waals surface area contributed by atoms with E-state index in [1.807, 2.05) is 32.6 Å². The molecule has 0 spiro atoms. The number of halogens is 4. The van der Waals surface area contributed by atoms with E-state index in [1.165, 1.54) is 16.7 Å². The molecule has 2 aliphatic rings. The average molecular weight is 673 g/mol. The van der Waals surface area contributed by atoms with Gasteiger partial charge in [0.05, 0.1) is 38.7 Å². The van der Waals surface area contributed by atoms with E-state index >= 15 is 4.39 Å². The summed E-state index contributed by atoms with van der Waals surface area (Å²) in [4.78, 5) is 44.5. The lowest BCUT2D eigenvalue weighted by Crippen LogP contribution is -2.61. The molecule has 4 aromatic rings. The Morgan fingerprint density at radius 1 is 1.22 bits per heavy atom. The third-order valence-corrected chi connectivity index (χ3v) is 9.15. The van der Waals surface area contributed by atoms with Crippen molar-refractivity contribution in [2.75, 3.05) is 30.3 Å². The standard InChI is InChI=1S/C31H29Cl3FN7O3/c1-6-19(43)40-10-15(5)41-16(11-40)12-45-28-21-29(38-26(22(28)34)20-23(35)17(32)9-18(33)24(20)36)42(31(44)39-30(21)41)27-14(4)7-8-37-25(27)13(2)3/h6-9,13,15-16H,1,10-12,36H2,2-5H3. The molecule has 2 aliphatic heterocycles. The predicted molar refractivity (Wildman–Crippen MR) is 175 cm³/mol. The number of rotatable bonds is 4. The van der Waals surface area contributed by atoms with Crippen molar-refractivity contribution < 1.29 is 13.9 Å². The van der Waals surface area contributed by atoms with E-state index < -0.39 is 17.5 Å². The van der Waals surface area contributed by atoms with Crippen LogP contribution in [0.3, 0.4) is 0 Å². The summed E-state index contributed by atoms with van der Waals surface area (Å²) in [5, 5.41) is -0.0218. The number of piperazine rings is 1. The zero-order valence-corrected chi connectivity index (χ0v) is 27.1. The minimum Gasteiger partial charge on any atom is -0.489 e.